The van der Waals surface area contributed by atoms with E-state index < -0.39 is 0 Å². The molecule has 100 valence electrons. The third-order valence-electron chi connectivity index (χ3n) is 3.74. The first-order valence-electron chi connectivity index (χ1n) is 6.35. The smallest absolute Gasteiger partial charge is 0.127 e. The van der Waals surface area contributed by atoms with Crippen LogP contribution in [0.5, 0.6) is 0 Å². The van der Waals surface area contributed by atoms with E-state index in [0.29, 0.717) is 17.0 Å². The van der Waals surface area contributed by atoms with Gasteiger partial charge in [0.25, 0.3) is 0 Å². The van der Waals surface area contributed by atoms with Gasteiger partial charge in [0.15, 0.2) is 0 Å². The van der Waals surface area contributed by atoms with Crippen molar-refractivity contribution in [3.8, 4) is 0 Å². The van der Waals surface area contributed by atoms with Gasteiger partial charge < -0.3 is 10.5 Å². The molecular formula is C14H19ClFNO. The van der Waals surface area contributed by atoms with E-state index in [1.165, 1.54) is 6.07 Å². The van der Waals surface area contributed by atoms with Crippen LogP contribution in [0.1, 0.15) is 31.7 Å². The lowest BCUT2D eigenvalue weighted by Crippen LogP contribution is -2.50. The van der Waals surface area contributed by atoms with Gasteiger partial charge in [0.2, 0.25) is 0 Å². The van der Waals surface area contributed by atoms with Crippen molar-refractivity contribution in [1.82, 2.24) is 0 Å². The molecule has 0 aromatic heterocycles. The van der Waals surface area contributed by atoms with Crippen LogP contribution in [0.2, 0.25) is 5.02 Å². The van der Waals surface area contributed by atoms with Crippen LogP contribution in [0.25, 0.3) is 0 Å². The Morgan fingerprint density at radius 3 is 2.89 bits per heavy atom. The lowest BCUT2D eigenvalue weighted by molar-refractivity contribution is -0.0809. The molecule has 0 aliphatic carbocycles. The van der Waals surface area contributed by atoms with Gasteiger partial charge >= 0.3 is 0 Å². The summed E-state index contributed by atoms with van der Waals surface area (Å²) in [5.41, 5.74) is 6.45. The van der Waals surface area contributed by atoms with E-state index in [9.17, 15) is 4.39 Å². The maximum Gasteiger partial charge on any atom is 0.127 e. The number of halogens is 2. The Labute approximate surface area is 112 Å². The Morgan fingerprint density at radius 2 is 2.28 bits per heavy atom. The highest BCUT2D eigenvalue weighted by Crippen LogP contribution is 2.29. The van der Waals surface area contributed by atoms with E-state index in [-0.39, 0.29) is 17.5 Å². The van der Waals surface area contributed by atoms with E-state index in [1.54, 1.807) is 12.1 Å². The average Bonchev–Trinajstić information content (AvgIpc) is 2.33. The van der Waals surface area contributed by atoms with Gasteiger partial charge in [-0.15, -0.1) is 0 Å². The minimum Gasteiger partial charge on any atom is -0.374 e. The summed E-state index contributed by atoms with van der Waals surface area (Å²) in [5.74, 6) is -0.294. The molecule has 1 aromatic rings. The topological polar surface area (TPSA) is 35.2 Å². The molecule has 1 heterocycles. The zero-order valence-corrected chi connectivity index (χ0v) is 11.3. The summed E-state index contributed by atoms with van der Waals surface area (Å²) in [6.07, 6.45) is 3.60. The third kappa shape index (κ3) is 3.02. The number of hydrogen-bond acceptors (Lipinski definition) is 2. The molecule has 2 rings (SSSR count). The molecule has 2 unspecified atom stereocenters. The highest BCUT2D eigenvalue weighted by atomic mass is 35.5. The van der Waals surface area contributed by atoms with Crippen molar-refractivity contribution in [2.75, 3.05) is 6.61 Å². The van der Waals surface area contributed by atoms with E-state index >= 15 is 0 Å². The Bertz CT molecular complexity index is 418. The first-order chi connectivity index (χ1) is 8.51. The van der Waals surface area contributed by atoms with Crippen LogP contribution in [-0.2, 0) is 11.2 Å². The van der Waals surface area contributed by atoms with Crippen molar-refractivity contribution in [2.45, 2.75) is 44.2 Å². The van der Waals surface area contributed by atoms with Gasteiger partial charge in [-0.1, -0.05) is 17.7 Å². The quantitative estimate of drug-likeness (QED) is 0.915. The standard InChI is InChI=1S/C14H19ClFNO/c1-14(6-2-3-7-18-14)13(17)8-10-4-5-11(15)9-12(10)16/h4-5,9,13H,2-3,6-8,17H2,1H3. The second-order valence-electron chi connectivity index (χ2n) is 5.16. The van der Waals surface area contributed by atoms with E-state index in [2.05, 4.69) is 0 Å². The van der Waals surface area contributed by atoms with Gasteiger partial charge in [-0.3, -0.25) is 0 Å². The number of nitrogens with two attached hydrogens (primary N) is 1. The van der Waals surface area contributed by atoms with Crippen LogP contribution >= 0.6 is 11.6 Å². The first-order valence-corrected chi connectivity index (χ1v) is 6.72. The predicted octanol–water partition coefficient (Wildman–Crippen LogP) is 3.31. The summed E-state index contributed by atoms with van der Waals surface area (Å²) in [4.78, 5) is 0. The maximum atomic E-state index is 13.7. The van der Waals surface area contributed by atoms with Crippen molar-refractivity contribution < 1.29 is 9.13 Å². The monoisotopic (exact) mass is 271 g/mol. The van der Waals surface area contributed by atoms with E-state index in [1.807, 2.05) is 6.92 Å². The molecule has 2 atom stereocenters. The fourth-order valence-corrected chi connectivity index (χ4v) is 2.55. The number of ether oxygens (including phenoxy) is 1. The fraction of sp³-hybridized carbons (Fsp3) is 0.571. The van der Waals surface area contributed by atoms with Crippen LogP contribution in [0.3, 0.4) is 0 Å². The van der Waals surface area contributed by atoms with Gasteiger partial charge in [0.1, 0.15) is 5.82 Å². The molecule has 2 N–H and O–H groups in total. The average molecular weight is 272 g/mol. The summed E-state index contributed by atoms with van der Waals surface area (Å²) in [6.45, 7) is 2.76. The Balaban J connectivity index is 2.08. The third-order valence-corrected chi connectivity index (χ3v) is 3.97. The zero-order valence-electron chi connectivity index (χ0n) is 10.6. The van der Waals surface area contributed by atoms with Crippen molar-refractivity contribution >= 4 is 11.6 Å². The van der Waals surface area contributed by atoms with Crippen molar-refractivity contribution in [3.63, 3.8) is 0 Å². The molecule has 1 saturated heterocycles. The summed E-state index contributed by atoms with van der Waals surface area (Å²) >= 11 is 5.73. The fourth-order valence-electron chi connectivity index (χ4n) is 2.39. The normalized spacial score (nSPS) is 26.0. The molecular weight excluding hydrogens is 253 g/mol. The summed E-state index contributed by atoms with van der Waals surface area (Å²) in [5, 5.41) is 0.407. The number of hydrogen-bond donors (Lipinski definition) is 1. The lowest BCUT2D eigenvalue weighted by atomic mass is 9.85. The van der Waals surface area contributed by atoms with E-state index in [0.717, 1.165) is 25.9 Å². The van der Waals surface area contributed by atoms with Crippen LogP contribution in [0.15, 0.2) is 18.2 Å². The van der Waals surface area contributed by atoms with Gasteiger partial charge in [0, 0.05) is 17.7 Å². The second-order valence-corrected chi connectivity index (χ2v) is 5.60. The number of benzene rings is 1. The summed E-state index contributed by atoms with van der Waals surface area (Å²) < 4.78 is 19.5. The molecule has 0 spiro atoms. The highest BCUT2D eigenvalue weighted by molar-refractivity contribution is 6.30. The number of rotatable bonds is 3. The van der Waals surface area contributed by atoms with Crippen LogP contribution in [0.4, 0.5) is 4.39 Å². The SMILES string of the molecule is CC1(C(N)Cc2ccc(Cl)cc2F)CCCCO1. The molecule has 0 bridgehead atoms. The molecule has 1 aliphatic rings. The molecule has 1 aliphatic heterocycles. The molecule has 1 fully saturated rings. The Morgan fingerprint density at radius 1 is 1.50 bits per heavy atom. The van der Waals surface area contributed by atoms with Gasteiger partial charge in [-0.25, -0.2) is 4.39 Å². The first kappa shape index (κ1) is 13.8. The van der Waals surface area contributed by atoms with Gasteiger partial charge in [-0.05, 0) is 50.3 Å². The van der Waals surface area contributed by atoms with Crippen LogP contribution < -0.4 is 5.73 Å². The predicted molar refractivity (Wildman–Crippen MR) is 71.3 cm³/mol. The second kappa shape index (κ2) is 5.55. The van der Waals surface area contributed by atoms with Crippen molar-refractivity contribution in [2.24, 2.45) is 5.73 Å². The van der Waals surface area contributed by atoms with Gasteiger partial charge in [0.05, 0.1) is 5.60 Å². The van der Waals surface area contributed by atoms with Crippen molar-refractivity contribution in [3.05, 3.63) is 34.6 Å². The van der Waals surface area contributed by atoms with E-state index in [4.69, 9.17) is 22.1 Å². The van der Waals surface area contributed by atoms with Crippen molar-refractivity contribution in [1.29, 1.82) is 0 Å². The zero-order chi connectivity index (χ0) is 13.2. The molecule has 2 nitrogen and oxygen atoms in total. The molecule has 0 radical (unpaired) electrons. The minimum atomic E-state index is -0.343. The van der Waals surface area contributed by atoms with Crippen LogP contribution in [0, 0.1) is 5.82 Å². The summed E-state index contributed by atoms with van der Waals surface area (Å²) in [7, 11) is 0. The Kier molecular flexibility index (Phi) is 4.25. The molecule has 18 heavy (non-hydrogen) atoms. The highest BCUT2D eigenvalue weighted by Gasteiger charge is 2.34. The molecule has 0 saturated carbocycles. The summed E-state index contributed by atoms with van der Waals surface area (Å²) in [6, 6.07) is 4.52. The van der Waals surface area contributed by atoms with Gasteiger partial charge in [-0.2, -0.15) is 0 Å². The molecule has 4 heteroatoms. The lowest BCUT2D eigenvalue weighted by Gasteiger charge is -2.39. The Hall–Kier alpha value is -0.640. The maximum absolute atomic E-state index is 13.7. The molecule has 1 aromatic carbocycles. The van der Waals surface area contributed by atoms with Crippen LogP contribution in [-0.4, -0.2) is 18.2 Å². The molecule has 0 amide bonds. The minimum absolute atomic E-state index is 0.200. The largest absolute Gasteiger partial charge is 0.374 e.